The number of benzene rings is 1. The van der Waals surface area contributed by atoms with Crippen molar-refractivity contribution in [3.63, 3.8) is 0 Å². The first-order valence-corrected chi connectivity index (χ1v) is 7.79. The van der Waals surface area contributed by atoms with Crippen molar-refractivity contribution in [3.8, 4) is 0 Å². The molecule has 0 radical (unpaired) electrons. The lowest BCUT2D eigenvalue weighted by molar-refractivity contribution is -0.160. The highest BCUT2D eigenvalue weighted by Crippen LogP contribution is 2.53. The van der Waals surface area contributed by atoms with Crippen LogP contribution in [0.4, 0.5) is 5.69 Å². The molecule has 1 aromatic rings. The first-order chi connectivity index (χ1) is 10.3. The van der Waals surface area contributed by atoms with Gasteiger partial charge in [-0.2, -0.15) is 0 Å². The summed E-state index contributed by atoms with van der Waals surface area (Å²) in [4.78, 5) is 14.8. The number of nitrogens with zero attached hydrogens (tertiary/aromatic N) is 1. The molecule has 3 aliphatic rings. The van der Waals surface area contributed by atoms with Crippen molar-refractivity contribution in [1.29, 1.82) is 0 Å². The summed E-state index contributed by atoms with van der Waals surface area (Å²) in [6, 6.07) is 8.26. The van der Waals surface area contributed by atoms with Crippen molar-refractivity contribution in [1.82, 2.24) is 0 Å². The van der Waals surface area contributed by atoms with Crippen LogP contribution in [0.3, 0.4) is 0 Å². The molecular formula is C18H21NO3. The number of anilines is 1. The average Bonchev–Trinajstić information content (AvgIpc) is 2.42. The zero-order valence-corrected chi connectivity index (χ0v) is 13.5. The summed E-state index contributed by atoms with van der Waals surface area (Å²) in [5, 5.41) is 0. The number of rotatable bonds is 0. The lowest BCUT2D eigenvalue weighted by atomic mass is 9.75. The molecule has 0 aliphatic carbocycles. The second-order valence-electron chi connectivity index (χ2n) is 7.31. The molecule has 0 aromatic heterocycles. The molecule has 0 fully saturated rings. The highest BCUT2D eigenvalue weighted by Gasteiger charge is 2.52. The van der Waals surface area contributed by atoms with E-state index in [4.69, 9.17) is 9.47 Å². The van der Waals surface area contributed by atoms with E-state index >= 15 is 0 Å². The Kier molecular flexibility index (Phi) is 2.52. The van der Waals surface area contributed by atoms with Gasteiger partial charge in [-0.25, -0.2) is 4.79 Å². The van der Waals surface area contributed by atoms with E-state index < -0.39 is 11.3 Å². The Bertz CT molecular complexity index is 706. The van der Waals surface area contributed by atoms with Gasteiger partial charge in [0.05, 0.1) is 5.57 Å². The van der Waals surface area contributed by atoms with Crippen molar-refractivity contribution in [2.75, 3.05) is 11.9 Å². The van der Waals surface area contributed by atoms with Gasteiger partial charge in [-0.15, -0.1) is 0 Å². The van der Waals surface area contributed by atoms with Gasteiger partial charge < -0.3 is 14.4 Å². The van der Waals surface area contributed by atoms with Crippen molar-refractivity contribution >= 4 is 11.7 Å². The number of para-hydroxylation sites is 1. The largest absolute Gasteiger partial charge is 0.472 e. The first kappa shape index (κ1) is 13.7. The standard InChI is InChI=1S/C18H21NO3/c1-17(2)10-14-15(16(20)22-17)12-9-18(3,21-14)19(4)13-8-6-5-7-11(12)13/h5-8,12H,9-10H2,1-4H3/t12-,18+/m0/s1. The van der Waals surface area contributed by atoms with Gasteiger partial charge in [-0.1, -0.05) is 18.2 Å². The predicted octanol–water partition coefficient (Wildman–Crippen LogP) is 3.34. The predicted molar refractivity (Wildman–Crippen MR) is 83.5 cm³/mol. The quantitative estimate of drug-likeness (QED) is 0.689. The number of fused-ring (bicyclic) bond motifs is 5. The van der Waals surface area contributed by atoms with Gasteiger partial charge in [0.2, 0.25) is 0 Å². The zero-order chi connectivity index (χ0) is 15.7. The lowest BCUT2D eigenvalue weighted by Gasteiger charge is -2.53. The molecule has 22 heavy (non-hydrogen) atoms. The Morgan fingerprint density at radius 2 is 1.91 bits per heavy atom. The molecule has 0 amide bonds. The van der Waals surface area contributed by atoms with Crippen LogP contribution >= 0.6 is 0 Å². The molecule has 4 heteroatoms. The molecule has 0 spiro atoms. The smallest absolute Gasteiger partial charge is 0.338 e. The molecule has 0 saturated carbocycles. The lowest BCUT2D eigenvalue weighted by Crippen LogP contribution is -2.55. The number of esters is 1. The van der Waals surface area contributed by atoms with Gasteiger partial charge in [0.1, 0.15) is 11.4 Å². The van der Waals surface area contributed by atoms with Crippen LogP contribution in [0.15, 0.2) is 35.6 Å². The Hall–Kier alpha value is -1.97. The highest BCUT2D eigenvalue weighted by molar-refractivity contribution is 5.93. The Morgan fingerprint density at radius 1 is 1.18 bits per heavy atom. The van der Waals surface area contributed by atoms with Gasteiger partial charge in [-0.05, 0) is 32.4 Å². The third kappa shape index (κ3) is 1.73. The van der Waals surface area contributed by atoms with Crippen molar-refractivity contribution in [2.45, 2.75) is 50.9 Å². The topological polar surface area (TPSA) is 38.8 Å². The number of ether oxygens (including phenoxy) is 2. The molecule has 2 atom stereocenters. The number of carbonyl (C=O) groups excluding carboxylic acids is 1. The maximum absolute atomic E-state index is 12.6. The molecular weight excluding hydrogens is 278 g/mol. The summed E-state index contributed by atoms with van der Waals surface area (Å²) in [6.07, 6.45) is 1.41. The van der Waals surface area contributed by atoms with E-state index in [0.29, 0.717) is 6.42 Å². The monoisotopic (exact) mass is 299 g/mol. The van der Waals surface area contributed by atoms with Crippen LogP contribution in [0.1, 0.15) is 45.1 Å². The number of hydrogen-bond acceptors (Lipinski definition) is 4. The summed E-state index contributed by atoms with van der Waals surface area (Å²) >= 11 is 0. The molecule has 2 bridgehead atoms. The molecule has 0 unspecified atom stereocenters. The summed E-state index contributed by atoms with van der Waals surface area (Å²) in [6.45, 7) is 5.97. The van der Waals surface area contributed by atoms with E-state index in [1.807, 2.05) is 26.0 Å². The Labute approximate surface area is 130 Å². The van der Waals surface area contributed by atoms with Crippen LogP contribution in [-0.4, -0.2) is 24.3 Å². The summed E-state index contributed by atoms with van der Waals surface area (Å²) in [5.41, 5.74) is 2.12. The van der Waals surface area contributed by atoms with E-state index in [9.17, 15) is 4.79 Å². The number of hydrogen-bond donors (Lipinski definition) is 0. The van der Waals surface area contributed by atoms with E-state index in [2.05, 4.69) is 31.0 Å². The number of carbonyl (C=O) groups is 1. The molecule has 4 nitrogen and oxygen atoms in total. The minimum atomic E-state index is -0.504. The van der Waals surface area contributed by atoms with E-state index in [-0.39, 0.29) is 11.9 Å². The second kappa shape index (κ2) is 4.06. The number of cyclic esters (lactones) is 1. The average molecular weight is 299 g/mol. The third-order valence-corrected chi connectivity index (χ3v) is 5.13. The van der Waals surface area contributed by atoms with Gasteiger partial charge in [0.15, 0.2) is 5.72 Å². The fourth-order valence-electron chi connectivity index (χ4n) is 3.97. The Morgan fingerprint density at radius 3 is 2.68 bits per heavy atom. The fraction of sp³-hybridized carbons (Fsp3) is 0.500. The Balaban J connectivity index is 1.92. The van der Waals surface area contributed by atoms with Crippen LogP contribution < -0.4 is 4.90 Å². The van der Waals surface area contributed by atoms with Gasteiger partial charge in [-0.3, -0.25) is 0 Å². The van der Waals surface area contributed by atoms with E-state index in [0.717, 1.165) is 23.4 Å². The minimum absolute atomic E-state index is 0.0600. The molecule has 3 aliphatic heterocycles. The van der Waals surface area contributed by atoms with Crippen molar-refractivity contribution in [3.05, 3.63) is 41.2 Å². The maximum atomic E-state index is 12.6. The van der Waals surface area contributed by atoms with Crippen LogP contribution in [0.2, 0.25) is 0 Å². The zero-order valence-electron chi connectivity index (χ0n) is 13.5. The van der Waals surface area contributed by atoms with Crippen molar-refractivity contribution < 1.29 is 14.3 Å². The van der Waals surface area contributed by atoms with Crippen LogP contribution in [0.5, 0.6) is 0 Å². The van der Waals surface area contributed by atoms with E-state index in [1.54, 1.807) is 0 Å². The molecule has 0 saturated heterocycles. The molecule has 1 aromatic carbocycles. The SMILES string of the molecule is CN1c2ccccc2[C@@H]2C[C@@]1(C)OC1=C2C(=O)OC(C)(C)C1. The summed E-state index contributed by atoms with van der Waals surface area (Å²) in [7, 11) is 2.06. The fourth-order valence-corrected chi connectivity index (χ4v) is 3.97. The van der Waals surface area contributed by atoms with Crippen LogP contribution in [-0.2, 0) is 14.3 Å². The summed E-state index contributed by atoms with van der Waals surface area (Å²) in [5.74, 6) is 0.642. The minimum Gasteiger partial charge on any atom is -0.472 e. The molecule has 0 N–H and O–H groups in total. The van der Waals surface area contributed by atoms with Crippen LogP contribution in [0.25, 0.3) is 0 Å². The third-order valence-electron chi connectivity index (χ3n) is 5.13. The van der Waals surface area contributed by atoms with Gasteiger partial charge in [0, 0.05) is 31.5 Å². The van der Waals surface area contributed by atoms with Gasteiger partial charge >= 0.3 is 5.97 Å². The van der Waals surface area contributed by atoms with Crippen molar-refractivity contribution in [2.24, 2.45) is 0 Å². The second-order valence-corrected chi connectivity index (χ2v) is 7.31. The maximum Gasteiger partial charge on any atom is 0.338 e. The highest BCUT2D eigenvalue weighted by atomic mass is 16.6. The van der Waals surface area contributed by atoms with Gasteiger partial charge in [0.25, 0.3) is 0 Å². The van der Waals surface area contributed by atoms with Crippen LogP contribution in [0, 0.1) is 0 Å². The molecule has 3 heterocycles. The van der Waals surface area contributed by atoms with E-state index in [1.165, 1.54) is 5.56 Å². The molecule has 4 rings (SSSR count). The summed E-state index contributed by atoms with van der Waals surface area (Å²) < 4.78 is 11.9. The normalized spacial score (nSPS) is 31.9. The molecule has 116 valence electrons. The first-order valence-electron chi connectivity index (χ1n) is 7.79.